The van der Waals surface area contributed by atoms with Crippen molar-refractivity contribution in [3.05, 3.63) is 23.9 Å². The summed E-state index contributed by atoms with van der Waals surface area (Å²) >= 11 is 0. The molecule has 1 aromatic rings. The maximum absolute atomic E-state index is 12.3. The number of pyridine rings is 1. The molecule has 1 spiro atoms. The highest BCUT2D eigenvalue weighted by atomic mass is 16.5. The Kier molecular flexibility index (Phi) is 2.70. The molecule has 1 aromatic heterocycles. The molecular weight excluding hydrogens is 262 g/mol. The van der Waals surface area contributed by atoms with Crippen molar-refractivity contribution in [2.75, 3.05) is 7.11 Å². The number of hydrogen-bond acceptors (Lipinski definition) is 5. The van der Waals surface area contributed by atoms with Gasteiger partial charge in [0.05, 0.1) is 13.7 Å². The maximum Gasteiger partial charge on any atom is 0.331 e. The predicted octanol–water partition coefficient (Wildman–Crippen LogP) is 0.449. The summed E-state index contributed by atoms with van der Waals surface area (Å²) in [5.74, 6) is -0.484. The third kappa shape index (κ3) is 1.82. The number of carbonyl (C=O) groups is 3. The molecule has 1 N–H and O–H groups in total. The zero-order valence-electron chi connectivity index (χ0n) is 10.9. The highest BCUT2D eigenvalue weighted by Gasteiger charge is 2.62. The Morgan fingerprint density at radius 3 is 2.80 bits per heavy atom. The van der Waals surface area contributed by atoms with Gasteiger partial charge in [-0.2, -0.15) is 0 Å². The fraction of sp³-hybridized carbons (Fsp3) is 0.385. The summed E-state index contributed by atoms with van der Waals surface area (Å²) in [6.45, 7) is 0.0958. The van der Waals surface area contributed by atoms with Crippen LogP contribution in [-0.4, -0.2) is 34.8 Å². The average Bonchev–Trinajstić information content (AvgIpc) is 3.24. The van der Waals surface area contributed by atoms with Gasteiger partial charge in [0.25, 0.3) is 0 Å². The quantitative estimate of drug-likeness (QED) is 0.809. The van der Waals surface area contributed by atoms with E-state index in [-0.39, 0.29) is 6.54 Å². The molecule has 1 aliphatic carbocycles. The lowest BCUT2D eigenvalue weighted by Gasteiger charge is -2.30. The van der Waals surface area contributed by atoms with Crippen LogP contribution in [0.1, 0.15) is 18.4 Å². The number of nitrogens with one attached hydrogen (secondary N) is 1. The van der Waals surface area contributed by atoms with E-state index in [2.05, 4.69) is 10.3 Å². The first-order valence-electron chi connectivity index (χ1n) is 6.23. The van der Waals surface area contributed by atoms with Crippen molar-refractivity contribution in [2.24, 2.45) is 5.41 Å². The molecule has 0 unspecified atom stereocenters. The molecule has 0 aromatic carbocycles. The number of methoxy groups -OCH3 is 1. The lowest BCUT2D eigenvalue weighted by atomic mass is 10.0. The molecule has 4 amide bonds. The fourth-order valence-electron chi connectivity index (χ4n) is 2.28. The first kappa shape index (κ1) is 12.6. The molecule has 2 fully saturated rings. The summed E-state index contributed by atoms with van der Waals surface area (Å²) < 4.78 is 5.00. The van der Waals surface area contributed by atoms with Gasteiger partial charge in [-0.15, -0.1) is 0 Å². The van der Waals surface area contributed by atoms with Crippen LogP contribution in [-0.2, 0) is 16.1 Å². The second-order valence-corrected chi connectivity index (χ2v) is 4.94. The molecule has 2 heterocycles. The van der Waals surface area contributed by atoms with Gasteiger partial charge in [0.2, 0.25) is 17.7 Å². The molecule has 1 saturated heterocycles. The van der Waals surface area contributed by atoms with Crippen molar-refractivity contribution in [3.8, 4) is 5.88 Å². The van der Waals surface area contributed by atoms with Crippen LogP contribution < -0.4 is 10.1 Å². The number of hydrogen-bond donors (Lipinski definition) is 1. The van der Waals surface area contributed by atoms with E-state index in [4.69, 9.17) is 4.74 Å². The minimum atomic E-state index is -1.01. The number of urea groups is 1. The number of rotatable bonds is 3. The predicted molar refractivity (Wildman–Crippen MR) is 66.5 cm³/mol. The summed E-state index contributed by atoms with van der Waals surface area (Å²) in [5, 5.41) is 2.24. The Hall–Kier alpha value is -2.44. The lowest BCUT2D eigenvalue weighted by Crippen LogP contribution is -2.58. The fourth-order valence-corrected chi connectivity index (χ4v) is 2.28. The number of barbiturate groups is 1. The van der Waals surface area contributed by atoms with Gasteiger partial charge in [0, 0.05) is 12.3 Å². The van der Waals surface area contributed by atoms with Crippen LogP contribution in [0.3, 0.4) is 0 Å². The van der Waals surface area contributed by atoms with Crippen LogP contribution in [0.4, 0.5) is 4.79 Å². The molecule has 1 saturated carbocycles. The van der Waals surface area contributed by atoms with Crippen LogP contribution in [0.25, 0.3) is 0 Å². The molecule has 0 bridgehead atoms. The van der Waals surface area contributed by atoms with E-state index >= 15 is 0 Å². The van der Waals surface area contributed by atoms with E-state index in [1.807, 2.05) is 0 Å². The van der Waals surface area contributed by atoms with E-state index in [9.17, 15) is 14.4 Å². The summed E-state index contributed by atoms with van der Waals surface area (Å²) in [7, 11) is 1.49. The van der Waals surface area contributed by atoms with Crippen LogP contribution in [0.5, 0.6) is 5.88 Å². The Morgan fingerprint density at radius 2 is 2.15 bits per heavy atom. The molecule has 7 nitrogen and oxygen atoms in total. The van der Waals surface area contributed by atoms with E-state index in [0.29, 0.717) is 24.3 Å². The molecule has 2 aliphatic rings. The summed E-state index contributed by atoms with van der Waals surface area (Å²) in [4.78, 5) is 40.8. The monoisotopic (exact) mass is 275 g/mol. The Balaban J connectivity index is 1.84. The number of aromatic nitrogens is 1. The molecule has 20 heavy (non-hydrogen) atoms. The van der Waals surface area contributed by atoms with Gasteiger partial charge >= 0.3 is 6.03 Å². The maximum atomic E-state index is 12.3. The van der Waals surface area contributed by atoms with Gasteiger partial charge in [-0.3, -0.25) is 19.8 Å². The van der Waals surface area contributed by atoms with Gasteiger partial charge in [-0.25, -0.2) is 9.78 Å². The topological polar surface area (TPSA) is 88.6 Å². The smallest absolute Gasteiger partial charge is 0.331 e. The van der Waals surface area contributed by atoms with E-state index in [1.165, 1.54) is 7.11 Å². The van der Waals surface area contributed by atoms with Crippen molar-refractivity contribution >= 4 is 17.8 Å². The summed E-state index contributed by atoms with van der Waals surface area (Å²) in [6.07, 6.45) is 2.54. The molecule has 7 heteroatoms. The second-order valence-electron chi connectivity index (χ2n) is 4.94. The molecule has 0 radical (unpaired) electrons. The Bertz CT molecular complexity index is 609. The van der Waals surface area contributed by atoms with E-state index in [0.717, 1.165) is 4.90 Å². The standard InChI is InChI=1S/C13H13N3O4/c1-20-9-6-8(2-5-14-9)7-16-11(18)13(3-4-13)10(17)15-12(16)19/h2,5-6H,3-4,7H2,1H3,(H,15,17,19). The van der Waals surface area contributed by atoms with Crippen molar-refractivity contribution < 1.29 is 19.1 Å². The van der Waals surface area contributed by atoms with E-state index in [1.54, 1.807) is 18.3 Å². The molecule has 3 rings (SSSR count). The highest BCUT2D eigenvalue weighted by molar-refractivity contribution is 6.20. The number of imide groups is 2. The zero-order chi connectivity index (χ0) is 14.3. The van der Waals surface area contributed by atoms with Crippen LogP contribution in [0.15, 0.2) is 18.3 Å². The zero-order valence-corrected chi connectivity index (χ0v) is 10.9. The minimum Gasteiger partial charge on any atom is -0.481 e. The summed E-state index contributed by atoms with van der Waals surface area (Å²) in [6, 6.07) is 2.67. The largest absolute Gasteiger partial charge is 0.481 e. The van der Waals surface area contributed by atoms with Crippen molar-refractivity contribution in [3.63, 3.8) is 0 Å². The van der Waals surface area contributed by atoms with Crippen molar-refractivity contribution in [2.45, 2.75) is 19.4 Å². The number of ether oxygens (including phenoxy) is 1. The van der Waals surface area contributed by atoms with Gasteiger partial charge in [0.1, 0.15) is 5.41 Å². The normalized spacial score (nSPS) is 20.1. The highest BCUT2D eigenvalue weighted by Crippen LogP contribution is 2.49. The minimum absolute atomic E-state index is 0.0958. The van der Waals surface area contributed by atoms with Crippen LogP contribution in [0.2, 0.25) is 0 Å². The Morgan fingerprint density at radius 1 is 1.40 bits per heavy atom. The third-order valence-electron chi connectivity index (χ3n) is 3.65. The Labute approximate surface area is 114 Å². The van der Waals surface area contributed by atoms with E-state index < -0.39 is 23.3 Å². The molecule has 104 valence electrons. The molecule has 1 aliphatic heterocycles. The average molecular weight is 275 g/mol. The van der Waals surface area contributed by atoms with Gasteiger partial charge < -0.3 is 4.74 Å². The second kappa shape index (κ2) is 4.29. The van der Waals surface area contributed by atoms with Crippen molar-refractivity contribution in [1.29, 1.82) is 0 Å². The SMILES string of the molecule is COc1cc(CN2C(=O)NC(=O)C3(CC3)C2=O)ccn1. The van der Waals surface area contributed by atoms with Crippen LogP contribution in [0, 0.1) is 5.41 Å². The first-order chi connectivity index (χ1) is 9.56. The van der Waals surface area contributed by atoms with Crippen molar-refractivity contribution in [1.82, 2.24) is 15.2 Å². The van der Waals surface area contributed by atoms with Gasteiger partial charge in [0.15, 0.2) is 0 Å². The molecular formula is C13H13N3O4. The summed E-state index contributed by atoms with van der Waals surface area (Å²) in [5.41, 5.74) is -0.295. The lowest BCUT2D eigenvalue weighted by molar-refractivity contribution is -0.145. The first-order valence-corrected chi connectivity index (χ1v) is 6.23. The number of nitrogens with zero attached hydrogens (tertiary/aromatic N) is 2. The van der Waals surface area contributed by atoms with Crippen LogP contribution >= 0.6 is 0 Å². The number of amides is 4. The molecule has 0 atom stereocenters. The third-order valence-corrected chi connectivity index (χ3v) is 3.65. The van der Waals surface area contributed by atoms with Gasteiger partial charge in [-0.05, 0) is 24.5 Å². The van der Waals surface area contributed by atoms with Gasteiger partial charge in [-0.1, -0.05) is 0 Å². The number of carbonyl (C=O) groups excluding carboxylic acids is 3.